The van der Waals surface area contributed by atoms with E-state index in [1.807, 2.05) is 61.5 Å². The first kappa shape index (κ1) is 24.9. The fraction of sp³-hybridized carbons (Fsp3) is 0.440. The van der Waals surface area contributed by atoms with E-state index in [-0.39, 0.29) is 18.0 Å². The number of carbonyl (C=O) groups is 2. The van der Waals surface area contributed by atoms with Crippen LogP contribution in [-0.4, -0.2) is 25.7 Å². The maximum absolute atomic E-state index is 12.6. The molecular formula is C25H32BrNO4. The highest BCUT2D eigenvalue weighted by Gasteiger charge is 2.36. The molecule has 31 heavy (non-hydrogen) atoms. The number of methoxy groups -OCH3 is 1. The van der Waals surface area contributed by atoms with E-state index in [4.69, 9.17) is 9.47 Å². The van der Waals surface area contributed by atoms with Gasteiger partial charge in [-0.15, -0.1) is 0 Å². The minimum atomic E-state index is -0.726. The summed E-state index contributed by atoms with van der Waals surface area (Å²) in [7, 11) is 1.42. The third-order valence-electron chi connectivity index (χ3n) is 5.55. The summed E-state index contributed by atoms with van der Waals surface area (Å²) in [5.74, 6) is -0.244. The molecule has 0 aromatic heterocycles. The number of hydrogen-bond donors (Lipinski definition) is 1. The molecule has 1 unspecified atom stereocenters. The standard InChI is InChI=1S/C25H32BrNO4/c1-24(2,18-27-23(29)31-17-19-10-6-5-7-11-19)14-9-15-25(3,22(28)30-4)20-12-8-13-21(26)16-20/h5-8,10-13,16H,9,14-15,17-18H2,1-4H3,(H,27,29). The van der Waals surface area contributed by atoms with E-state index in [0.29, 0.717) is 13.0 Å². The number of halogens is 1. The zero-order valence-corrected chi connectivity index (χ0v) is 20.3. The number of ether oxygens (including phenoxy) is 2. The van der Waals surface area contributed by atoms with Crippen LogP contribution in [0.15, 0.2) is 59.1 Å². The second-order valence-corrected chi connectivity index (χ2v) is 9.68. The Hall–Kier alpha value is -2.34. The quantitative estimate of drug-likeness (QED) is 0.415. The van der Waals surface area contributed by atoms with E-state index in [2.05, 4.69) is 35.1 Å². The normalized spacial score (nSPS) is 13.2. The number of esters is 1. The summed E-state index contributed by atoms with van der Waals surface area (Å²) in [6.45, 7) is 6.86. The van der Waals surface area contributed by atoms with Crippen LogP contribution in [0, 0.1) is 5.41 Å². The highest BCUT2D eigenvalue weighted by atomic mass is 79.9. The molecule has 168 valence electrons. The number of hydrogen-bond acceptors (Lipinski definition) is 4. The van der Waals surface area contributed by atoms with Gasteiger partial charge in [0.15, 0.2) is 0 Å². The van der Waals surface area contributed by atoms with Gasteiger partial charge in [-0.05, 0) is 48.4 Å². The number of nitrogens with one attached hydrogen (secondary N) is 1. The zero-order chi connectivity index (χ0) is 22.9. The lowest BCUT2D eigenvalue weighted by atomic mass is 9.76. The van der Waals surface area contributed by atoms with Crippen molar-refractivity contribution in [1.82, 2.24) is 5.32 Å². The maximum Gasteiger partial charge on any atom is 0.407 e. The molecule has 0 fully saturated rings. The lowest BCUT2D eigenvalue weighted by Crippen LogP contribution is -2.36. The van der Waals surface area contributed by atoms with Crippen LogP contribution in [0.2, 0.25) is 0 Å². The van der Waals surface area contributed by atoms with E-state index in [1.165, 1.54) is 7.11 Å². The molecule has 0 saturated heterocycles. The van der Waals surface area contributed by atoms with Gasteiger partial charge in [0.25, 0.3) is 0 Å². The maximum atomic E-state index is 12.6. The summed E-state index contributed by atoms with van der Waals surface area (Å²) < 4.78 is 11.3. The molecule has 0 radical (unpaired) electrons. The monoisotopic (exact) mass is 489 g/mol. The van der Waals surface area contributed by atoms with Gasteiger partial charge in [-0.2, -0.15) is 0 Å². The third-order valence-corrected chi connectivity index (χ3v) is 6.05. The van der Waals surface area contributed by atoms with Gasteiger partial charge in [0.05, 0.1) is 12.5 Å². The van der Waals surface area contributed by atoms with E-state index < -0.39 is 11.5 Å². The molecule has 0 bridgehead atoms. The highest BCUT2D eigenvalue weighted by molar-refractivity contribution is 9.10. The Morgan fingerprint density at radius 2 is 1.71 bits per heavy atom. The third kappa shape index (κ3) is 7.69. The molecule has 2 rings (SSSR count). The van der Waals surface area contributed by atoms with Gasteiger partial charge in [-0.3, -0.25) is 4.79 Å². The summed E-state index contributed by atoms with van der Waals surface area (Å²) >= 11 is 3.48. The Labute approximate surface area is 193 Å². The van der Waals surface area contributed by atoms with Gasteiger partial charge in [0.1, 0.15) is 6.61 Å². The topological polar surface area (TPSA) is 64.6 Å². The van der Waals surface area contributed by atoms with Crippen LogP contribution in [0.4, 0.5) is 4.79 Å². The van der Waals surface area contributed by atoms with Crippen molar-refractivity contribution in [3.63, 3.8) is 0 Å². The molecule has 5 nitrogen and oxygen atoms in total. The van der Waals surface area contributed by atoms with Crippen molar-refractivity contribution < 1.29 is 19.1 Å². The van der Waals surface area contributed by atoms with Crippen molar-refractivity contribution in [1.29, 1.82) is 0 Å². The van der Waals surface area contributed by atoms with Crippen LogP contribution >= 0.6 is 15.9 Å². The molecule has 0 spiro atoms. The smallest absolute Gasteiger partial charge is 0.407 e. The minimum Gasteiger partial charge on any atom is -0.468 e. The molecule has 2 aromatic rings. The SMILES string of the molecule is COC(=O)C(C)(CCCC(C)(C)CNC(=O)OCc1ccccc1)c1cccc(Br)c1. The second kappa shape index (κ2) is 11.3. The van der Waals surface area contributed by atoms with E-state index in [1.54, 1.807) is 0 Å². The summed E-state index contributed by atoms with van der Waals surface area (Å²) in [6, 6.07) is 17.4. The number of carbonyl (C=O) groups excluding carboxylic acids is 2. The van der Waals surface area contributed by atoms with Gasteiger partial charge < -0.3 is 14.8 Å². The van der Waals surface area contributed by atoms with Crippen LogP contribution in [0.25, 0.3) is 0 Å². The van der Waals surface area contributed by atoms with E-state index in [0.717, 1.165) is 28.4 Å². The van der Waals surface area contributed by atoms with Gasteiger partial charge in [-0.25, -0.2) is 4.79 Å². The summed E-state index contributed by atoms with van der Waals surface area (Å²) in [6.07, 6.45) is 1.88. The van der Waals surface area contributed by atoms with Crippen molar-refractivity contribution in [2.45, 2.75) is 52.1 Å². The average molecular weight is 490 g/mol. The number of benzene rings is 2. The summed E-state index contributed by atoms with van der Waals surface area (Å²) in [5.41, 5.74) is 1.01. The highest BCUT2D eigenvalue weighted by Crippen LogP contribution is 2.34. The van der Waals surface area contributed by atoms with Crippen LogP contribution < -0.4 is 5.32 Å². The molecule has 1 amide bonds. The Balaban J connectivity index is 1.86. The number of rotatable bonds is 10. The van der Waals surface area contributed by atoms with Gasteiger partial charge in [0.2, 0.25) is 0 Å². The predicted molar refractivity (Wildman–Crippen MR) is 126 cm³/mol. The molecule has 0 heterocycles. The first-order valence-corrected chi connectivity index (χ1v) is 11.2. The van der Waals surface area contributed by atoms with Crippen molar-refractivity contribution in [2.24, 2.45) is 5.41 Å². The zero-order valence-electron chi connectivity index (χ0n) is 18.7. The summed E-state index contributed by atoms with van der Waals surface area (Å²) in [5, 5.41) is 2.85. The fourth-order valence-electron chi connectivity index (χ4n) is 3.52. The molecule has 1 atom stereocenters. The number of alkyl carbamates (subject to hydrolysis) is 1. The molecule has 0 saturated carbocycles. The number of amides is 1. The first-order valence-electron chi connectivity index (χ1n) is 10.5. The second-order valence-electron chi connectivity index (χ2n) is 8.77. The van der Waals surface area contributed by atoms with Crippen molar-refractivity contribution in [3.8, 4) is 0 Å². The Bertz CT molecular complexity index is 869. The first-order chi connectivity index (χ1) is 14.7. The molecule has 0 aliphatic carbocycles. The van der Waals surface area contributed by atoms with Crippen molar-refractivity contribution >= 4 is 28.0 Å². The van der Waals surface area contributed by atoms with Gasteiger partial charge in [0, 0.05) is 11.0 Å². The molecule has 6 heteroatoms. The average Bonchev–Trinajstić information content (AvgIpc) is 2.76. The van der Waals surface area contributed by atoms with Crippen molar-refractivity contribution in [2.75, 3.05) is 13.7 Å². The van der Waals surface area contributed by atoms with Gasteiger partial charge >= 0.3 is 12.1 Å². The largest absolute Gasteiger partial charge is 0.468 e. The van der Waals surface area contributed by atoms with Gasteiger partial charge in [-0.1, -0.05) is 78.7 Å². The van der Waals surface area contributed by atoms with Crippen LogP contribution in [-0.2, 0) is 26.3 Å². The molecule has 0 aliphatic heterocycles. The molecule has 1 N–H and O–H groups in total. The van der Waals surface area contributed by atoms with Crippen LogP contribution in [0.1, 0.15) is 51.2 Å². The lowest BCUT2D eigenvalue weighted by Gasteiger charge is -2.30. The molecule has 0 aliphatic rings. The van der Waals surface area contributed by atoms with E-state index in [9.17, 15) is 9.59 Å². The van der Waals surface area contributed by atoms with E-state index >= 15 is 0 Å². The Kier molecular flexibility index (Phi) is 9.11. The fourth-order valence-corrected chi connectivity index (χ4v) is 3.91. The molecular weight excluding hydrogens is 458 g/mol. The van der Waals surface area contributed by atoms with Crippen LogP contribution in [0.3, 0.4) is 0 Å². The Morgan fingerprint density at radius 3 is 2.35 bits per heavy atom. The summed E-state index contributed by atoms with van der Waals surface area (Å²) in [4.78, 5) is 24.6. The Morgan fingerprint density at radius 1 is 1.00 bits per heavy atom. The van der Waals surface area contributed by atoms with Crippen LogP contribution in [0.5, 0.6) is 0 Å². The predicted octanol–water partition coefficient (Wildman–Crippen LogP) is 6.00. The lowest BCUT2D eigenvalue weighted by molar-refractivity contribution is -0.147. The van der Waals surface area contributed by atoms with Crippen molar-refractivity contribution in [3.05, 3.63) is 70.2 Å². The molecule has 2 aromatic carbocycles. The minimum absolute atomic E-state index is 0.139.